The Labute approximate surface area is 245 Å². The zero-order valence-corrected chi connectivity index (χ0v) is 24.0. The third-order valence-corrected chi connectivity index (χ3v) is 8.16. The van der Waals surface area contributed by atoms with Gasteiger partial charge < -0.3 is 19.3 Å². The molecule has 14 heteroatoms. The molecule has 4 aromatic rings. The molecule has 5 heterocycles. The molecule has 2 aliphatic rings. The second-order valence-electron chi connectivity index (χ2n) is 10.6. The standard InChI is InChI=1S/C28H29ClF2N8O3/c1-14-11-38(27(40)15(2)30)7-8-39(14)26-16-5-6-19(23-17-10-32-36-20(17)9-18(31)24(23)29)33-25(16)34-28(35-26)42-22-13-37(3)12-21(22)41-4/h5-6,9-10,14,21-22H,2,7-8,11-13H2,1,3-4H3,(H,32,36)/t14?,21-,22-/m1/s1. The summed E-state index contributed by atoms with van der Waals surface area (Å²) in [5.41, 5.74) is 1.57. The van der Waals surface area contributed by atoms with Crippen LogP contribution in [0, 0.1) is 5.82 Å². The SMILES string of the molecule is C=C(F)C(=O)N1CCN(c2nc(O[C@@H]3CN(C)C[C@H]3OC)nc3nc(-c4c(Cl)c(F)cc5[nH]ncc45)ccc23)C(C)C1. The minimum absolute atomic E-state index is 0.0812. The molecule has 11 nitrogen and oxygen atoms in total. The second-order valence-corrected chi connectivity index (χ2v) is 11.0. The number of hydrogen-bond acceptors (Lipinski definition) is 9. The van der Waals surface area contributed by atoms with Gasteiger partial charge >= 0.3 is 6.01 Å². The highest BCUT2D eigenvalue weighted by Gasteiger charge is 2.35. The van der Waals surface area contributed by atoms with Crippen LogP contribution in [0.3, 0.4) is 0 Å². The summed E-state index contributed by atoms with van der Waals surface area (Å²) in [6, 6.07) is 4.70. The van der Waals surface area contributed by atoms with Crippen LogP contribution >= 0.6 is 11.6 Å². The number of halogens is 3. The number of nitrogens with one attached hydrogen (secondary N) is 1. The number of rotatable bonds is 6. The molecule has 0 aliphatic carbocycles. The van der Waals surface area contributed by atoms with Gasteiger partial charge in [0.05, 0.1) is 27.8 Å². The van der Waals surface area contributed by atoms with Crippen molar-refractivity contribution in [1.29, 1.82) is 0 Å². The Morgan fingerprint density at radius 2 is 1.93 bits per heavy atom. The molecular weight excluding hydrogens is 570 g/mol. The first-order valence-corrected chi connectivity index (χ1v) is 13.8. The number of ether oxygens (including phenoxy) is 2. The van der Waals surface area contributed by atoms with Crippen LogP contribution in [0.15, 0.2) is 36.8 Å². The van der Waals surface area contributed by atoms with Gasteiger partial charge in [-0.2, -0.15) is 15.1 Å². The number of nitrogens with zero attached hydrogens (tertiary/aromatic N) is 7. The molecule has 0 radical (unpaired) electrons. The summed E-state index contributed by atoms with van der Waals surface area (Å²) in [7, 11) is 3.61. The van der Waals surface area contributed by atoms with Crippen LogP contribution < -0.4 is 9.64 Å². The van der Waals surface area contributed by atoms with E-state index < -0.39 is 17.6 Å². The van der Waals surface area contributed by atoms with Crippen LogP contribution in [0.4, 0.5) is 14.6 Å². The highest BCUT2D eigenvalue weighted by atomic mass is 35.5. The fourth-order valence-corrected chi connectivity index (χ4v) is 5.95. The number of hydrogen-bond donors (Lipinski definition) is 1. The van der Waals surface area contributed by atoms with Crippen LogP contribution in [-0.2, 0) is 9.53 Å². The van der Waals surface area contributed by atoms with E-state index in [1.54, 1.807) is 25.4 Å². The number of aromatic amines is 1. The van der Waals surface area contributed by atoms with Gasteiger partial charge in [0.1, 0.15) is 23.8 Å². The summed E-state index contributed by atoms with van der Waals surface area (Å²) in [5, 5.41) is 7.96. The minimum atomic E-state index is -0.993. The van der Waals surface area contributed by atoms with E-state index in [0.717, 1.165) is 0 Å². The maximum atomic E-state index is 14.7. The van der Waals surface area contributed by atoms with Crippen LogP contribution in [-0.4, -0.2) is 106 Å². The normalized spacial score (nSPS) is 21.4. The van der Waals surface area contributed by atoms with Crippen LogP contribution in [0.5, 0.6) is 6.01 Å². The maximum absolute atomic E-state index is 14.7. The van der Waals surface area contributed by atoms with Gasteiger partial charge in [-0.1, -0.05) is 18.2 Å². The molecule has 1 N–H and O–H groups in total. The molecule has 0 saturated carbocycles. The van der Waals surface area contributed by atoms with Crippen LogP contribution in [0.2, 0.25) is 5.02 Å². The number of pyridine rings is 1. The zero-order chi connectivity index (χ0) is 29.7. The predicted molar refractivity (Wildman–Crippen MR) is 154 cm³/mol. The zero-order valence-electron chi connectivity index (χ0n) is 23.3. The van der Waals surface area contributed by atoms with Crippen molar-refractivity contribution in [3.8, 4) is 17.3 Å². The molecule has 3 atom stereocenters. The third-order valence-electron chi connectivity index (χ3n) is 7.79. The van der Waals surface area contributed by atoms with Crippen molar-refractivity contribution in [2.75, 3.05) is 51.8 Å². The third kappa shape index (κ3) is 5.01. The number of carbonyl (C=O) groups is 1. The largest absolute Gasteiger partial charge is 0.456 e. The monoisotopic (exact) mass is 598 g/mol. The van der Waals surface area contributed by atoms with Crippen molar-refractivity contribution in [2.45, 2.75) is 25.2 Å². The predicted octanol–water partition coefficient (Wildman–Crippen LogP) is 3.59. The van der Waals surface area contributed by atoms with Crippen LogP contribution in [0.1, 0.15) is 6.92 Å². The molecule has 0 spiro atoms. The molecule has 42 heavy (non-hydrogen) atoms. The Morgan fingerprint density at radius 3 is 2.67 bits per heavy atom. The van der Waals surface area contributed by atoms with Gasteiger partial charge in [0.25, 0.3) is 5.91 Å². The summed E-state index contributed by atoms with van der Waals surface area (Å²) in [5.74, 6) is -1.77. The number of methoxy groups -OCH3 is 1. The fourth-order valence-electron chi connectivity index (χ4n) is 5.70. The Morgan fingerprint density at radius 1 is 1.14 bits per heavy atom. The summed E-state index contributed by atoms with van der Waals surface area (Å²) in [6.07, 6.45) is 1.07. The number of fused-ring (bicyclic) bond motifs is 2. The Hall–Kier alpha value is -3.94. The first-order chi connectivity index (χ1) is 20.1. The lowest BCUT2D eigenvalue weighted by molar-refractivity contribution is -0.129. The van der Waals surface area contributed by atoms with E-state index in [9.17, 15) is 13.6 Å². The van der Waals surface area contributed by atoms with Crippen molar-refractivity contribution in [3.05, 3.63) is 47.6 Å². The Balaban J connectivity index is 1.45. The lowest BCUT2D eigenvalue weighted by Gasteiger charge is -2.40. The van der Waals surface area contributed by atoms with Gasteiger partial charge in [-0.05, 0) is 26.1 Å². The first-order valence-electron chi connectivity index (χ1n) is 13.4. The van der Waals surface area contributed by atoms with E-state index in [2.05, 4.69) is 26.7 Å². The summed E-state index contributed by atoms with van der Waals surface area (Å²) >= 11 is 6.43. The van der Waals surface area contributed by atoms with Gasteiger partial charge in [0.2, 0.25) is 0 Å². The number of amides is 1. The maximum Gasteiger partial charge on any atom is 0.320 e. The van der Waals surface area contributed by atoms with E-state index in [1.165, 1.54) is 11.0 Å². The molecule has 1 amide bonds. The van der Waals surface area contributed by atoms with E-state index in [-0.39, 0.29) is 42.4 Å². The van der Waals surface area contributed by atoms with Crippen molar-refractivity contribution in [1.82, 2.24) is 34.9 Å². The van der Waals surface area contributed by atoms with E-state index in [4.69, 9.17) is 31.0 Å². The molecule has 220 valence electrons. The number of likely N-dealkylation sites (tertiary alicyclic amines) is 1. The lowest BCUT2D eigenvalue weighted by Crippen LogP contribution is -2.54. The molecule has 3 aromatic heterocycles. The van der Waals surface area contributed by atoms with Gasteiger partial charge in [-0.25, -0.2) is 13.8 Å². The number of H-pyrrole nitrogens is 1. The molecule has 2 fully saturated rings. The van der Waals surface area contributed by atoms with E-state index >= 15 is 0 Å². The fraction of sp³-hybridized carbons (Fsp3) is 0.393. The average molecular weight is 599 g/mol. The molecule has 0 bridgehead atoms. The van der Waals surface area contributed by atoms with E-state index in [1.807, 2.05) is 18.9 Å². The number of aromatic nitrogens is 5. The number of anilines is 1. The molecule has 1 aromatic carbocycles. The average Bonchev–Trinajstić information content (AvgIpc) is 3.57. The number of piperazine rings is 1. The summed E-state index contributed by atoms with van der Waals surface area (Å²) < 4.78 is 40.2. The smallest absolute Gasteiger partial charge is 0.320 e. The molecule has 1 unspecified atom stereocenters. The quantitative estimate of drug-likeness (QED) is 0.333. The summed E-state index contributed by atoms with van der Waals surface area (Å²) in [4.78, 5) is 32.0. The van der Waals surface area contributed by atoms with Gasteiger partial charge in [-0.3, -0.25) is 14.8 Å². The molecule has 2 aliphatic heterocycles. The molecule has 2 saturated heterocycles. The Kier molecular flexibility index (Phi) is 7.41. The second kappa shape index (κ2) is 11.0. The van der Waals surface area contributed by atoms with Crippen molar-refractivity contribution >= 4 is 45.3 Å². The van der Waals surface area contributed by atoms with Gasteiger partial charge in [0.15, 0.2) is 11.5 Å². The van der Waals surface area contributed by atoms with Crippen molar-refractivity contribution in [3.63, 3.8) is 0 Å². The Bertz CT molecular complexity index is 1700. The highest BCUT2D eigenvalue weighted by Crippen LogP contribution is 2.38. The lowest BCUT2D eigenvalue weighted by atomic mass is 10.1. The van der Waals surface area contributed by atoms with Gasteiger partial charge in [0, 0.05) is 62.9 Å². The topological polar surface area (TPSA) is 113 Å². The highest BCUT2D eigenvalue weighted by molar-refractivity contribution is 6.35. The molecule has 6 rings (SSSR count). The number of likely N-dealkylation sites (N-methyl/N-ethyl adjacent to an activating group) is 1. The minimum Gasteiger partial charge on any atom is -0.456 e. The van der Waals surface area contributed by atoms with Crippen LogP contribution in [0.25, 0.3) is 33.2 Å². The number of benzene rings is 1. The number of carbonyl (C=O) groups excluding carboxylic acids is 1. The van der Waals surface area contributed by atoms with Crippen molar-refractivity contribution in [2.24, 2.45) is 0 Å². The van der Waals surface area contributed by atoms with Crippen molar-refractivity contribution < 1.29 is 23.0 Å². The first kappa shape index (κ1) is 28.2. The van der Waals surface area contributed by atoms with Gasteiger partial charge in [-0.15, -0.1) is 0 Å². The van der Waals surface area contributed by atoms with E-state index in [0.29, 0.717) is 58.6 Å². The molecular formula is C28H29ClF2N8O3. The summed E-state index contributed by atoms with van der Waals surface area (Å²) in [6.45, 7) is 7.29.